The van der Waals surface area contributed by atoms with Crippen LogP contribution in [0, 0.1) is 11.3 Å². The van der Waals surface area contributed by atoms with Crippen LogP contribution in [0.3, 0.4) is 0 Å². The number of ether oxygens (including phenoxy) is 1. The molecule has 0 saturated carbocycles. The first-order chi connectivity index (χ1) is 8.63. The van der Waals surface area contributed by atoms with Gasteiger partial charge in [0.05, 0.1) is 17.7 Å². The highest BCUT2D eigenvalue weighted by molar-refractivity contribution is 6.35. The summed E-state index contributed by atoms with van der Waals surface area (Å²) in [5.41, 5.74) is 0. The minimum atomic E-state index is -0.164. The smallest absolute Gasteiger partial charge is 0.220 e. The second-order valence-corrected chi connectivity index (χ2v) is 4.31. The third-order valence-electron chi connectivity index (χ3n) is 2.06. The zero-order valence-corrected chi connectivity index (χ0v) is 11.1. The molecule has 1 aromatic carbocycles. The van der Waals surface area contributed by atoms with Crippen LogP contribution in [-0.4, -0.2) is 19.1 Å². The van der Waals surface area contributed by atoms with Gasteiger partial charge in [0.1, 0.15) is 12.3 Å². The number of rotatable bonds is 6. The average molecular weight is 287 g/mol. The van der Waals surface area contributed by atoms with Gasteiger partial charge in [-0.15, -0.1) is 0 Å². The Morgan fingerprint density at radius 1 is 1.44 bits per heavy atom. The SMILES string of the molecule is N#CCNC(=O)CCCOc1ccc(Cl)cc1Cl. The van der Waals surface area contributed by atoms with Crippen molar-refractivity contribution in [2.45, 2.75) is 12.8 Å². The van der Waals surface area contributed by atoms with Gasteiger partial charge in [-0.25, -0.2) is 0 Å². The lowest BCUT2D eigenvalue weighted by Crippen LogP contribution is -2.23. The molecule has 0 fully saturated rings. The van der Waals surface area contributed by atoms with Crippen molar-refractivity contribution in [1.82, 2.24) is 5.32 Å². The van der Waals surface area contributed by atoms with Gasteiger partial charge in [0, 0.05) is 11.4 Å². The van der Waals surface area contributed by atoms with Gasteiger partial charge in [0.25, 0.3) is 0 Å². The predicted octanol–water partition coefficient (Wildman–Crippen LogP) is 2.79. The van der Waals surface area contributed by atoms with Crippen LogP contribution in [0.1, 0.15) is 12.8 Å². The quantitative estimate of drug-likeness (QED) is 0.646. The average Bonchev–Trinajstić information content (AvgIpc) is 2.34. The van der Waals surface area contributed by atoms with Gasteiger partial charge in [0.15, 0.2) is 0 Å². The van der Waals surface area contributed by atoms with E-state index in [9.17, 15) is 4.79 Å². The maximum atomic E-state index is 11.2. The molecule has 0 saturated heterocycles. The van der Waals surface area contributed by atoms with Gasteiger partial charge in [-0.2, -0.15) is 5.26 Å². The Morgan fingerprint density at radius 3 is 2.89 bits per heavy atom. The van der Waals surface area contributed by atoms with E-state index in [0.717, 1.165) is 0 Å². The molecule has 4 nitrogen and oxygen atoms in total. The maximum absolute atomic E-state index is 11.2. The first-order valence-electron chi connectivity index (χ1n) is 5.35. The summed E-state index contributed by atoms with van der Waals surface area (Å²) in [5.74, 6) is 0.376. The number of halogens is 2. The predicted molar refractivity (Wildman–Crippen MR) is 69.8 cm³/mol. The molecule has 0 heterocycles. The molecule has 0 unspecified atom stereocenters. The van der Waals surface area contributed by atoms with Gasteiger partial charge in [-0.1, -0.05) is 23.2 Å². The zero-order valence-electron chi connectivity index (χ0n) is 9.58. The van der Waals surface area contributed by atoms with Crippen molar-refractivity contribution < 1.29 is 9.53 Å². The standard InChI is InChI=1S/C12H12Cl2N2O2/c13-9-3-4-11(10(14)8-9)18-7-1-2-12(17)16-6-5-15/h3-4,8H,1-2,6-7H2,(H,16,17). The minimum Gasteiger partial charge on any atom is -0.492 e. The first kappa shape index (κ1) is 14.6. The van der Waals surface area contributed by atoms with Crippen LogP contribution >= 0.6 is 23.2 Å². The van der Waals surface area contributed by atoms with Gasteiger partial charge in [0.2, 0.25) is 5.91 Å². The maximum Gasteiger partial charge on any atom is 0.220 e. The van der Waals surface area contributed by atoms with Crippen LogP contribution in [-0.2, 0) is 4.79 Å². The molecule has 0 aliphatic rings. The lowest BCUT2D eigenvalue weighted by Gasteiger charge is -2.07. The molecule has 0 spiro atoms. The second-order valence-electron chi connectivity index (χ2n) is 3.46. The molecule has 0 radical (unpaired) electrons. The third-order valence-corrected chi connectivity index (χ3v) is 2.59. The molecule has 96 valence electrons. The number of nitriles is 1. The third kappa shape index (κ3) is 5.26. The molecule has 1 N–H and O–H groups in total. The fourth-order valence-corrected chi connectivity index (χ4v) is 1.70. The molecular formula is C12H12Cl2N2O2. The van der Waals surface area contributed by atoms with Crippen LogP contribution < -0.4 is 10.1 Å². The second kappa shape index (κ2) is 7.80. The number of nitrogens with zero attached hydrogens (tertiary/aromatic N) is 1. The van der Waals surface area contributed by atoms with E-state index >= 15 is 0 Å². The summed E-state index contributed by atoms with van der Waals surface area (Å²) >= 11 is 11.7. The van der Waals surface area contributed by atoms with E-state index in [0.29, 0.717) is 35.2 Å². The van der Waals surface area contributed by atoms with Crippen molar-refractivity contribution in [3.8, 4) is 11.8 Å². The Labute approximate surface area is 115 Å². The normalized spacial score (nSPS) is 9.61. The van der Waals surface area contributed by atoms with Crippen LogP contribution in [0.5, 0.6) is 5.75 Å². The summed E-state index contributed by atoms with van der Waals surface area (Å²) in [4.78, 5) is 11.2. The Hall–Kier alpha value is -1.44. The van der Waals surface area contributed by atoms with Gasteiger partial charge < -0.3 is 10.1 Å². The number of carbonyl (C=O) groups excluding carboxylic acids is 1. The summed E-state index contributed by atoms with van der Waals surface area (Å²) in [5, 5.41) is 11.7. The van der Waals surface area contributed by atoms with Crippen molar-refractivity contribution in [2.75, 3.05) is 13.2 Å². The molecule has 0 aromatic heterocycles. The van der Waals surface area contributed by atoms with Crippen molar-refractivity contribution in [1.29, 1.82) is 5.26 Å². The highest BCUT2D eigenvalue weighted by atomic mass is 35.5. The highest BCUT2D eigenvalue weighted by Crippen LogP contribution is 2.27. The van der Waals surface area contributed by atoms with Crippen molar-refractivity contribution in [3.63, 3.8) is 0 Å². The van der Waals surface area contributed by atoms with E-state index < -0.39 is 0 Å². The molecular weight excluding hydrogens is 275 g/mol. The Morgan fingerprint density at radius 2 is 2.22 bits per heavy atom. The summed E-state index contributed by atoms with van der Waals surface area (Å²) in [6.45, 7) is 0.407. The number of hydrogen-bond acceptors (Lipinski definition) is 3. The zero-order chi connectivity index (χ0) is 13.4. The number of nitrogens with one attached hydrogen (secondary N) is 1. The molecule has 1 aromatic rings. The van der Waals surface area contributed by atoms with E-state index in [1.807, 2.05) is 6.07 Å². The van der Waals surface area contributed by atoms with Crippen molar-refractivity contribution >= 4 is 29.1 Å². The number of amides is 1. The fourth-order valence-electron chi connectivity index (χ4n) is 1.23. The van der Waals surface area contributed by atoms with E-state index in [1.165, 1.54) is 0 Å². The number of carbonyl (C=O) groups is 1. The molecule has 1 rings (SSSR count). The largest absolute Gasteiger partial charge is 0.492 e. The minimum absolute atomic E-state index is 0.0305. The highest BCUT2D eigenvalue weighted by Gasteiger charge is 2.03. The van der Waals surface area contributed by atoms with E-state index in [-0.39, 0.29) is 12.5 Å². The lowest BCUT2D eigenvalue weighted by molar-refractivity contribution is -0.121. The van der Waals surface area contributed by atoms with Gasteiger partial charge >= 0.3 is 0 Å². The Balaban J connectivity index is 2.26. The molecule has 0 aliphatic heterocycles. The fraction of sp³-hybridized carbons (Fsp3) is 0.333. The Bertz CT molecular complexity index is 458. The lowest BCUT2D eigenvalue weighted by atomic mass is 10.3. The Kier molecular flexibility index (Phi) is 6.34. The number of benzene rings is 1. The van der Waals surface area contributed by atoms with Crippen LogP contribution in [0.15, 0.2) is 18.2 Å². The molecule has 1 amide bonds. The van der Waals surface area contributed by atoms with Gasteiger partial charge in [-0.3, -0.25) is 4.79 Å². The van der Waals surface area contributed by atoms with Crippen molar-refractivity contribution in [3.05, 3.63) is 28.2 Å². The number of hydrogen-bond donors (Lipinski definition) is 1. The van der Waals surface area contributed by atoms with Crippen LogP contribution in [0.2, 0.25) is 10.0 Å². The monoisotopic (exact) mass is 286 g/mol. The molecule has 0 bridgehead atoms. The first-order valence-corrected chi connectivity index (χ1v) is 6.10. The molecule has 18 heavy (non-hydrogen) atoms. The summed E-state index contributed by atoms with van der Waals surface area (Å²) in [7, 11) is 0. The van der Waals surface area contributed by atoms with E-state index in [1.54, 1.807) is 18.2 Å². The van der Waals surface area contributed by atoms with Gasteiger partial charge in [-0.05, 0) is 24.6 Å². The van der Waals surface area contributed by atoms with E-state index in [2.05, 4.69) is 5.32 Å². The summed E-state index contributed by atoms with van der Waals surface area (Å²) < 4.78 is 5.41. The van der Waals surface area contributed by atoms with Crippen LogP contribution in [0.25, 0.3) is 0 Å². The molecule has 0 aliphatic carbocycles. The molecule has 6 heteroatoms. The molecule has 0 atom stereocenters. The van der Waals surface area contributed by atoms with E-state index in [4.69, 9.17) is 33.2 Å². The summed E-state index contributed by atoms with van der Waals surface area (Å²) in [6, 6.07) is 6.79. The summed E-state index contributed by atoms with van der Waals surface area (Å²) in [6.07, 6.45) is 0.864. The van der Waals surface area contributed by atoms with Crippen LogP contribution in [0.4, 0.5) is 0 Å². The topological polar surface area (TPSA) is 62.1 Å². The van der Waals surface area contributed by atoms with Crippen molar-refractivity contribution in [2.24, 2.45) is 0 Å².